The number of fused-ring (bicyclic) bond motifs is 1. The van der Waals surface area contributed by atoms with E-state index in [4.69, 9.17) is 4.74 Å². The van der Waals surface area contributed by atoms with Crippen molar-refractivity contribution in [1.29, 1.82) is 0 Å². The average molecular weight is 262 g/mol. The summed E-state index contributed by atoms with van der Waals surface area (Å²) in [5.41, 5.74) is -3.08. The number of carbonyl (C=O) groups is 1. The van der Waals surface area contributed by atoms with Crippen molar-refractivity contribution in [3.8, 4) is 0 Å². The largest absolute Gasteiger partial charge is 0.462 e. The van der Waals surface area contributed by atoms with Crippen molar-refractivity contribution in [2.75, 3.05) is 6.61 Å². The smallest absolute Gasteiger partial charge is 0.398 e. The standard InChI is InChI=1S/C12H13F3O3/c1-6(17)18-8-4-9-10(5-16)7(8)2-3-11(9,10)12(13,14)15/h2-3,7-9,16H,4-5H2,1H3/t7?,8-,9+,10-,11-/m0/s1. The highest BCUT2D eigenvalue weighted by Crippen LogP contribution is 2.86. The van der Waals surface area contributed by atoms with Gasteiger partial charge in [-0.2, -0.15) is 13.2 Å². The molecule has 5 atom stereocenters. The summed E-state index contributed by atoms with van der Waals surface area (Å²) in [5.74, 6) is -1.67. The van der Waals surface area contributed by atoms with Crippen LogP contribution >= 0.6 is 0 Å². The Balaban J connectivity index is 1.94. The van der Waals surface area contributed by atoms with Crippen LogP contribution in [0.5, 0.6) is 0 Å². The van der Waals surface area contributed by atoms with Crippen LogP contribution in [0.1, 0.15) is 13.3 Å². The molecule has 2 saturated carbocycles. The fourth-order valence-electron chi connectivity index (χ4n) is 4.34. The van der Waals surface area contributed by atoms with Gasteiger partial charge in [-0.3, -0.25) is 4.79 Å². The number of hydrogen-bond donors (Lipinski definition) is 1. The fraction of sp³-hybridized carbons (Fsp3) is 0.750. The maximum absolute atomic E-state index is 13.2. The molecular formula is C12H13F3O3. The Bertz CT molecular complexity index is 444. The first kappa shape index (κ1) is 12.0. The van der Waals surface area contributed by atoms with Crippen LogP contribution in [0.15, 0.2) is 12.2 Å². The van der Waals surface area contributed by atoms with Crippen molar-refractivity contribution >= 4 is 5.97 Å². The number of esters is 1. The summed E-state index contributed by atoms with van der Waals surface area (Å²) in [7, 11) is 0. The lowest BCUT2D eigenvalue weighted by molar-refractivity contribution is -0.194. The third kappa shape index (κ3) is 1.00. The van der Waals surface area contributed by atoms with Crippen molar-refractivity contribution in [2.24, 2.45) is 22.7 Å². The van der Waals surface area contributed by atoms with E-state index in [1.165, 1.54) is 19.1 Å². The highest BCUT2D eigenvalue weighted by atomic mass is 19.4. The van der Waals surface area contributed by atoms with Crippen LogP contribution in [0.4, 0.5) is 13.2 Å². The number of halogens is 3. The first-order valence-electron chi connectivity index (χ1n) is 5.85. The minimum absolute atomic E-state index is 0.178. The molecule has 0 aromatic rings. The van der Waals surface area contributed by atoms with E-state index in [0.29, 0.717) is 0 Å². The van der Waals surface area contributed by atoms with Gasteiger partial charge in [0.15, 0.2) is 0 Å². The summed E-state index contributed by atoms with van der Waals surface area (Å²) in [6, 6.07) is 0. The molecule has 100 valence electrons. The number of carbonyl (C=O) groups excluding carboxylic acids is 1. The summed E-state index contributed by atoms with van der Waals surface area (Å²) in [5, 5.41) is 9.45. The van der Waals surface area contributed by atoms with Gasteiger partial charge in [0.25, 0.3) is 0 Å². The molecule has 0 aliphatic heterocycles. The molecule has 1 N–H and O–H groups in total. The molecule has 0 bridgehead atoms. The van der Waals surface area contributed by atoms with Gasteiger partial charge in [0.1, 0.15) is 6.10 Å². The molecule has 0 amide bonds. The lowest BCUT2D eigenvalue weighted by Crippen LogP contribution is -2.36. The topological polar surface area (TPSA) is 46.5 Å². The first-order chi connectivity index (χ1) is 8.31. The second kappa shape index (κ2) is 3.10. The summed E-state index contributed by atoms with van der Waals surface area (Å²) < 4.78 is 44.6. The molecule has 0 aromatic heterocycles. The van der Waals surface area contributed by atoms with E-state index in [0.717, 1.165) is 0 Å². The van der Waals surface area contributed by atoms with Crippen molar-refractivity contribution < 1.29 is 27.8 Å². The minimum atomic E-state index is -4.35. The van der Waals surface area contributed by atoms with Crippen LogP contribution in [-0.4, -0.2) is 30.0 Å². The van der Waals surface area contributed by atoms with E-state index in [1.807, 2.05) is 0 Å². The lowest BCUT2D eigenvalue weighted by Gasteiger charge is -2.28. The second-order valence-corrected chi connectivity index (χ2v) is 5.39. The van der Waals surface area contributed by atoms with E-state index in [2.05, 4.69) is 0 Å². The molecule has 3 rings (SSSR count). The van der Waals surface area contributed by atoms with Gasteiger partial charge in [0, 0.05) is 18.3 Å². The second-order valence-electron chi connectivity index (χ2n) is 5.39. The molecule has 0 saturated heterocycles. The molecule has 2 fully saturated rings. The molecule has 3 nitrogen and oxygen atoms in total. The molecule has 0 spiro atoms. The molecule has 3 aliphatic carbocycles. The minimum Gasteiger partial charge on any atom is -0.462 e. The SMILES string of the molecule is CC(=O)O[C@H]1C[C@@H]2[C@]3(CO)C1C=C[C@]23C(F)(F)F. The van der Waals surface area contributed by atoms with Gasteiger partial charge in [0.05, 0.1) is 12.0 Å². The third-order valence-electron chi connectivity index (χ3n) is 4.94. The zero-order valence-corrected chi connectivity index (χ0v) is 9.70. The number of alkyl halides is 3. The predicted molar refractivity (Wildman–Crippen MR) is 54.3 cm³/mol. The van der Waals surface area contributed by atoms with Crippen LogP contribution in [0.2, 0.25) is 0 Å². The number of aliphatic hydroxyl groups is 1. The van der Waals surface area contributed by atoms with E-state index >= 15 is 0 Å². The fourth-order valence-corrected chi connectivity index (χ4v) is 4.34. The van der Waals surface area contributed by atoms with E-state index in [-0.39, 0.29) is 6.42 Å². The Kier molecular flexibility index (Phi) is 2.07. The van der Waals surface area contributed by atoms with E-state index in [9.17, 15) is 23.1 Å². The number of ether oxygens (including phenoxy) is 1. The monoisotopic (exact) mass is 262 g/mol. The highest BCUT2D eigenvalue weighted by Gasteiger charge is 2.92. The molecular weight excluding hydrogens is 249 g/mol. The maximum atomic E-state index is 13.2. The van der Waals surface area contributed by atoms with Crippen LogP contribution in [0.3, 0.4) is 0 Å². The molecule has 1 unspecified atom stereocenters. The van der Waals surface area contributed by atoms with Gasteiger partial charge in [-0.05, 0) is 12.3 Å². The number of hydrogen-bond acceptors (Lipinski definition) is 3. The summed E-state index contributed by atoms with van der Waals surface area (Å²) in [4.78, 5) is 10.9. The zero-order chi connectivity index (χ0) is 13.3. The van der Waals surface area contributed by atoms with E-state index in [1.54, 1.807) is 0 Å². The number of rotatable bonds is 2. The molecule has 0 aromatic carbocycles. The summed E-state index contributed by atoms with van der Waals surface area (Å²) >= 11 is 0. The van der Waals surface area contributed by atoms with Crippen LogP contribution in [0, 0.1) is 22.7 Å². The number of aliphatic hydroxyl groups excluding tert-OH is 1. The van der Waals surface area contributed by atoms with E-state index < -0.39 is 47.5 Å². The summed E-state index contributed by atoms with van der Waals surface area (Å²) in [6.45, 7) is 0.720. The molecule has 3 aliphatic rings. The molecule has 6 heteroatoms. The quantitative estimate of drug-likeness (QED) is 0.608. The van der Waals surface area contributed by atoms with Gasteiger partial charge < -0.3 is 9.84 Å². The molecule has 0 radical (unpaired) electrons. The Morgan fingerprint density at radius 3 is 2.67 bits per heavy atom. The first-order valence-corrected chi connectivity index (χ1v) is 5.85. The normalized spacial score (nSPS) is 48.2. The van der Waals surface area contributed by atoms with Gasteiger partial charge >= 0.3 is 12.1 Å². The molecule has 0 heterocycles. The van der Waals surface area contributed by atoms with Gasteiger partial charge in [0.2, 0.25) is 0 Å². The Morgan fingerprint density at radius 2 is 2.22 bits per heavy atom. The molecule has 18 heavy (non-hydrogen) atoms. The predicted octanol–water partition coefficient (Wildman–Crippen LogP) is 1.66. The van der Waals surface area contributed by atoms with Crippen LogP contribution < -0.4 is 0 Å². The van der Waals surface area contributed by atoms with Crippen molar-refractivity contribution in [3.63, 3.8) is 0 Å². The highest BCUT2D eigenvalue weighted by molar-refractivity contribution is 5.66. The van der Waals surface area contributed by atoms with Crippen molar-refractivity contribution in [2.45, 2.75) is 25.6 Å². The van der Waals surface area contributed by atoms with Crippen molar-refractivity contribution in [1.82, 2.24) is 0 Å². The third-order valence-corrected chi connectivity index (χ3v) is 4.94. The maximum Gasteiger partial charge on any atom is 0.398 e. The average Bonchev–Trinajstić information content (AvgIpc) is 2.55. The van der Waals surface area contributed by atoms with Crippen molar-refractivity contribution in [3.05, 3.63) is 12.2 Å². The Labute approximate surface area is 102 Å². The zero-order valence-electron chi connectivity index (χ0n) is 9.70. The van der Waals surface area contributed by atoms with Gasteiger partial charge in [-0.25, -0.2) is 0 Å². The van der Waals surface area contributed by atoms with Gasteiger partial charge in [-0.1, -0.05) is 12.2 Å². The van der Waals surface area contributed by atoms with Crippen LogP contribution in [0.25, 0.3) is 0 Å². The Morgan fingerprint density at radius 1 is 1.56 bits per heavy atom. The van der Waals surface area contributed by atoms with Gasteiger partial charge in [-0.15, -0.1) is 0 Å². The Hall–Kier alpha value is -1.04. The van der Waals surface area contributed by atoms with Crippen LogP contribution in [-0.2, 0) is 9.53 Å². The lowest BCUT2D eigenvalue weighted by atomic mass is 9.85. The number of allylic oxidation sites excluding steroid dienone is 1. The summed E-state index contributed by atoms with van der Waals surface area (Å²) in [6.07, 6.45) is -2.08.